The maximum atomic E-state index is 12.2. The summed E-state index contributed by atoms with van der Waals surface area (Å²) in [5.74, 6) is 0. The Labute approximate surface area is 112 Å². The molecule has 0 radical (unpaired) electrons. The number of nitrogens with one attached hydrogen (secondary N) is 1. The monoisotopic (exact) mass is 274 g/mol. The third-order valence-electron chi connectivity index (χ3n) is 3.16. The normalized spacial score (nSPS) is 13.8. The van der Waals surface area contributed by atoms with E-state index in [2.05, 4.69) is 5.32 Å². The molecule has 0 aromatic heterocycles. The van der Waals surface area contributed by atoms with E-state index in [1.54, 1.807) is 0 Å². The largest absolute Gasteiger partial charge is 0.401 e. The third kappa shape index (κ3) is 5.61. The number of halogens is 3. The molecule has 108 valence electrons. The van der Waals surface area contributed by atoms with Gasteiger partial charge in [0.2, 0.25) is 0 Å². The van der Waals surface area contributed by atoms with E-state index in [1.807, 2.05) is 38.2 Å². The van der Waals surface area contributed by atoms with Gasteiger partial charge in [-0.15, -0.1) is 0 Å². The van der Waals surface area contributed by atoms with Crippen LogP contribution in [0.15, 0.2) is 24.3 Å². The summed E-state index contributed by atoms with van der Waals surface area (Å²) in [6, 6.07) is 8.02. The summed E-state index contributed by atoms with van der Waals surface area (Å²) in [5, 5.41) is 3.17. The molecular weight excluding hydrogens is 253 g/mol. The van der Waals surface area contributed by atoms with Crippen LogP contribution in [0.25, 0.3) is 0 Å². The van der Waals surface area contributed by atoms with Gasteiger partial charge in [0.05, 0.1) is 6.54 Å². The Balaban J connectivity index is 2.57. The molecule has 2 nitrogen and oxygen atoms in total. The molecule has 0 bridgehead atoms. The molecule has 5 heteroatoms. The van der Waals surface area contributed by atoms with Crippen molar-refractivity contribution in [3.8, 4) is 0 Å². The third-order valence-corrected chi connectivity index (χ3v) is 3.16. The van der Waals surface area contributed by atoms with Crippen LogP contribution in [0, 0.1) is 6.92 Å². The van der Waals surface area contributed by atoms with Crippen molar-refractivity contribution in [3.63, 3.8) is 0 Å². The van der Waals surface area contributed by atoms with Gasteiger partial charge in [0.1, 0.15) is 0 Å². The summed E-state index contributed by atoms with van der Waals surface area (Å²) < 4.78 is 36.7. The Bertz CT molecular complexity index is 391. The average Bonchev–Trinajstić information content (AvgIpc) is 2.29. The van der Waals surface area contributed by atoms with Crippen molar-refractivity contribution in [2.45, 2.75) is 25.6 Å². The lowest BCUT2D eigenvalue weighted by molar-refractivity contribution is -0.143. The maximum Gasteiger partial charge on any atom is 0.401 e. The van der Waals surface area contributed by atoms with E-state index in [-0.39, 0.29) is 6.04 Å². The minimum atomic E-state index is -4.13. The van der Waals surface area contributed by atoms with Crippen LogP contribution in [0.4, 0.5) is 13.2 Å². The molecule has 0 saturated carbocycles. The zero-order valence-corrected chi connectivity index (χ0v) is 11.6. The van der Waals surface area contributed by atoms with E-state index in [0.717, 1.165) is 11.1 Å². The molecule has 1 atom stereocenters. The molecular formula is C14H21F3N2. The van der Waals surface area contributed by atoms with E-state index in [0.29, 0.717) is 13.0 Å². The Kier molecular flexibility index (Phi) is 5.82. The first kappa shape index (κ1) is 16.0. The van der Waals surface area contributed by atoms with Gasteiger partial charge in [-0.25, -0.2) is 0 Å². The average molecular weight is 274 g/mol. The molecule has 0 fully saturated rings. The quantitative estimate of drug-likeness (QED) is 0.857. The van der Waals surface area contributed by atoms with Crippen LogP contribution in [0.2, 0.25) is 0 Å². The molecule has 1 N–H and O–H groups in total. The van der Waals surface area contributed by atoms with Crippen molar-refractivity contribution in [1.29, 1.82) is 0 Å². The molecule has 1 rings (SSSR count). The Hall–Kier alpha value is -1.07. The second-order valence-electron chi connectivity index (χ2n) is 4.84. The molecule has 0 aliphatic rings. The van der Waals surface area contributed by atoms with Crippen LogP contribution in [-0.4, -0.2) is 38.3 Å². The Morgan fingerprint density at radius 1 is 1.26 bits per heavy atom. The first-order valence-electron chi connectivity index (χ1n) is 6.31. The van der Waals surface area contributed by atoms with Crippen LogP contribution in [-0.2, 0) is 0 Å². The molecule has 1 unspecified atom stereocenters. The number of aryl methyl sites for hydroxylation is 1. The van der Waals surface area contributed by atoms with Crippen LogP contribution in [0.1, 0.15) is 23.6 Å². The fourth-order valence-corrected chi connectivity index (χ4v) is 2.17. The van der Waals surface area contributed by atoms with Gasteiger partial charge in [-0.2, -0.15) is 13.2 Å². The van der Waals surface area contributed by atoms with Crippen molar-refractivity contribution < 1.29 is 13.2 Å². The summed E-state index contributed by atoms with van der Waals surface area (Å²) in [6.07, 6.45) is -3.49. The Morgan fingerprint density at radius 3 is 2.42 bits per heavy atom. The first-order valence-corrected chi connectivity index (χ1v) is 6.31. The van der Waals surface area contributed by atoms with Gasteiger partial charge < -0.3 is 5.32 Å². The maximum absolute atomic E-state index is 12.2. The second-order valence-corrected chi connectivity index (χ2v) is 4.84. The predicted molar refractivity (Wildman–Crippen MR) is 71.1 cm³/mol. The van der Waals surface area contributed by atoms with Gasteiger partial charge in [-0.1, -0.05) is 24.3 Å². The molecule has 0 saturated heterocycles. The predicted octanol–water partition coefficient (Wildman–Crippen LogP) is 3.14. The van der Waals surface area contributed by atoms with Crippen molar-refractivity contribution in [1.82, 2.24) is 10.2 Å². The lowest BCUT2D eigenvalue weighted by Crippen LogP contribution is -2.33. The van der Waals surface area contributed by atoms with Gasteiger partial charge in [0.25, 0.3) is 0 Å². The van der Waals surface area contributed by atoms with E-state index in [9.17, 15) is 13.2 Å². The van der Waals surface area contributed by atoms with Crippen LogP contribution in [0.3, 0.4) is 0 Å². The minimum absolute atomic E-state index is 0.0804. The highest BCUT2D eigenvalue weighted by Gasteiger charge is 2.29. The lowest BCUT2D eigenvalue weighted by Gasteiger charge is -2.23. The SMILES string of the molecule is CNC(CCN(C)CC(F)(F)F)c1ccccc1C. The van der Waals surface area contributed by atoms with E-state index in [1.165, 1.54) is 11.9 Å². The minimum Gasteiger partial charge on any atom is -0.313 e. The van der Waals surface area contributed by atoms with Crippen molar-refractivity contribution in [3.05, 3.63) is 35.4 Å². The standard InChI is InChI=1S/C14H21F3N2/c1-11-6-4-5-7-12(11)13(18-2)8-9-19(3)10-14(15,16)17/h4-7,13,18H,8-10H2,1-3H3. The zero-order chi connectivity index (χ0) is 14.5. The molecule has 19 heavy (non-hydrogen) atoms. The fraction of sp³-hybridized carbons (Fsp3) is 0.571. The number of benzene rings is 1. The molecule has 0 spiro atoms. The van der Waals surface area contributed by atoms with Gasteiger partial charge in [0.15, 0.2) is 0 Å². The van der Waals surface area contributed by atoms with Crippen LogP contribution >= 0.6 is 0 Å². The van der Waals surface area contributed by atoms with E-state index >= 15 is 0 Å². The molecule has 0 aliphatic carbocycles. The number of rotatable bonds is 6. The molecule has 0 amide bonds. The highest BCUT2D eigenvalue weighted by Crippen LogP contribution is 2.21. The number of hydrogen-bond donors (Lipinski definition) is 1. The van der Waals surface area contributed by atoms with Gasteiger partial charge >= 0.3 is 6.18 Å². The van der Waals surface area contributed by atoms with Crippen LogP contribution in [0.5, 0.6) is 0 Å². The molecule has 0 aliphatic heterocycles. The number of alkyl halides is 3. The topological polar surface area (TPSA) is 15.3 Å². The summed E-state index contributed by atoms with van der Waals surface area (Å²) >= 11 is 0. The highest BCUT2D eigenvalue weighted by molar-refractivity contribution is 5.28. The second kappa shape index (κ2) is 6.91. The summed E-state index contributed by atoms with van der Waals surface area (Å²) in [7, 11) is 3.33. The van der Waals surface area contributed by atoms with Gasteiger partial charge in [-0.05, 0) is 45.1 Å². The van der Waals surface area contributed by atoms with Gasteiger partial charge in [0, 0.05) is 6.04 Å². The van der Waals surface area contributed by atoms with Crippen molar-refractivity contribution in [2.75, 3.05) is 27.2 Å². The van der Waals surface area contributed by atoms with E-state index in [4.69, 9.17) is 0 Å². The number of hydrogen-bond acceptors (Lipinski definition) is 2. The summed E-state index contributed by atoms with van der Waals surface area (Å²) in [4.78, 5) is 1.31. The zero-order valence-electron chi connectivity index (χ0n) is 11.6. The lowest BCUT2D eigenvalue weighted by atomic mass is 9.99. The van der Waals surface area contributed by atoms with Crippen molar-refractivity contribution >= 4 is 0 Å². The first-order chi connectivity index (χ1) is 8.83. The molecule has 1 aromatic rings. The molecule has 1 aromatic carbocycles. The highest BCUT2D eigenvalue weighted by atomic mass is 19.4. The molecule has 0 heterocycles. The number of nitrogens with zero attached hydrogens (tertiary/aromatic N) is 1. The smallest absolute Gasteiger partial charge is 0.313 e. The fourth-order valence-electron chi connectivity index (χ4n) is 2.17. The van der Waals surface area contributed by atoms with Crippen molar-refractivity contribution in [2.24, 2.45) is 0 Å². The summed E-state index contributed by atoms with van der Waals surface area (Å²) in [6.45, 7) is 1.55. The van der Waals surface area contributed by atoms with Crippen LogP contribution < -0.4 is 5.32 Å². The summed E-state index contributed by atoms with van der Waals surface area (Å²) in [5.41, 5.74) is 2.30. The van der Waals surface area contributed by atoms with Gasteiger partial charge in [-0.3, -0.25) is 4.90 Å². The Morgan fingerprint density at radius 2 is 1.89 bits per heavy atom. The van der Waals surface area contributed by atoms with E-state index < -0.39 is 12.7 Å².